The number of hydrogen-bond acceptors (Lipinski definition) is 19. The Morgan fingerprint density at radius 3 is 0.874 bits per heavy atom. The molecule has 0 aromatic heterocycles. The van der Waals surface area contributed by atoms with Crippen molar-refractivity contribution in [1.82, 2.24) is 24.9 Å². The van der Waals surface area contributed by atoms with Crippen LogP contribution in [0.1, 0.15) is 293 Å². The van der Waals surface area contributed by atoms with Crippen LogP contribution in [0.3, 0.4) is 0 Å². The summed E-state index contributed by atoms with van der Waals surface area (Å²) in [6.07, 6.45) is 44.7. The third-order valence-electron chi connectivity index (χ3n) is 38.0. The van der Waals surface area contributed by atoms with Crippen LogP contribution in [0.2, 0.25) is 0 Å². The Kier molecular flexibility index (Phi) is 35.2. The molecule has 16 fully saturated rings. The molecule has 0 aromatic rings. The van der Waals surface area contributed by atoms with Gasteiger partial charge >= 0.3 is 17.9 Å². The molecular weight excluding hydrogens is 1600 g/mol. The zero-order valence-corrected chi connectivity index (χ0v) is 80.9. The van der Waals surface area contributed by atoms with E-state index in [0.29, 0.717) is 103 Å². The van der Waals surface area contributed by atoms with Gasteiger partial charge in [-0.3, -0.25) is 24.2 Å². The molecule has 4 aliphatic heterocycles. The van der Waals surface area contributed by atoms with Gasteiger partial charge in [0.15, 0.2) is 25.2 Å². The molecule has 12 aliphatic carbocycles. The van der Waals surface area contributed by atoms with Crippen LogP contribution in [0, 0.1) is 114 Å². The fraction of sp³-hybridized carbons (Fsp3) is 0.895. The molecular formula is C105H177N5O17. The number of aliphatic carboxylic acids is 3. The van der Waals surface area contributed by atoms with E-state index in [1.165, 1.54) is 162 Å². The van der Waals surface area contributed by atoms with Gasteiger partial charge in [0.25, 0.3) is 0 Å². The second kappa shape index (κ2) is 44.2. The van der Waals surface area contributed by atoms with E-state index in [4.69, 9.17) is 43.0 Å². The van der Waals surface area contributed by atoms with Gasteiger partial charge in [0.1, 0.15) is 0 Å². The van der Waals surface area contributed by atoms with Crippen molar-refractivity contribution in [2.75, 3.05) is 139 Å². The molecule has 22 nitrogen and oxygen atoms in total. The van der Waals surface area contributed by atoms with Crippen LogP contribution in [-0.4, -0.2) is 257 Å². The van der Waals surface area contributed by atoms with Crippen molar-refractivity contribution in [2.24, 2.45) is 114 Å². The van der Waals surface area contributed by atoms with Gasteiger partial charge in [0.05, 0.1) is 90.3 Å². The van der Waals surface area contributed by atoms with Crippen molar-refractivity contribution in [3.63, 3.8) is 0 Å². The van der Waals surface area contributed by atoms with Gasteiger partial charge in [-0.15, -0.1) is 0 Å². The first kappa shape index (κ1) is 101. The molecule has 4 saturated heterocycles. The predicted octanol–water partition coefficient (Wildman–Crippen LogP) is 17.5. The Morgan fingerprint density at radius 2 is 0.614 bits per heavy atom. The first-order chi connectivity index (χ1) is 60.7. The molecule has 0 bridgehead atoms. The quantitative estimate of drug-likeness (QED) is 0.0244. The first-order valence-corrected chi connectivity index (χ1v) is 51.5. The molecule has 22 heteroatoms. The lowest BCUT2D eigenvalue weighted by Crippen LogP contribution is -2.62. The van der Waals surface area contributed by atoms with E-state index >= 15 is 0 Å². The molecule has 0 radical (unpaired) electrons. The van der Waals surface area contributed by atoms with Crippen LogP contribution >= 0.6 is 0 Å². The highest BCUT2D eigenvalue weighted by Gasteiger charge is 2.66. The lowest BCUT2D eigenvalue weighted by atomic mass is 9.46. The normalized spacial score (nSPS) is 40.6. The lowest BCUT2D eigenvalue weighted by molar-refractivity contribution is -0.316. The molecule has 12 saturated carbocycles. The number of nitrogens with one attached hydrogen (secondary N) is 1. The minimum atomic E-state index is -0.996. The van der Waals surface area contributed by atoms with E-state index in [2.05, 4.69) is 116 Å². The van der Waals surface area contributed by atoms with E-state index in [1.807, 2.05) is 0 Å². The molecule has 0 spiro atoms. The number of fused-ring (bicyclic) bond motifs is 12. The topological polar surface area (TPSA) is 271 Å². The van der Waals surface area contributed by atoms with Crippen LogP contribution in [0.25, 0.3) is 0 Å². The molecule has 16 aliphatic rings. The Morgan fingerprint density at radius 1 is 0.346 bits per heavy atom. The van der Waals surface area contributed by atoms with Gasteiger partial charge in [-0.25, -0.2) is 0 Å². The fourth-order valence-electron chi connectivity index (χ4n) is 31.1. The summed E-state index contributed by atoms with van der Waals surface area (Å²) in [6.45, 7) is 48.1. The summed E-state index contributed by atoms with van der Waals surface area (Å²) < 4.78 is 52.4. The summed E-state index contributed by atoms with van der Waals surface area (Å²) in [5.41, 5.74) is 6.36. The van der Waals surface area contributed by atoms with E-state index in [0.717, 1.165) is 168 Å². The highest BCUT2D eigenvalue weighted by molar-refractivity contribution is 5.72. The average Bonchev–Trinajstić information content (AvgIpc) is 1.12. The van der Waals surface area contributed by atoms with Crippen molar-refractivity contribution < 1.29 is 82.9 Å². The van der Waals surface area contributed by atoms with Crippen molar-refractivity contribution >= 4 is 17.9 Å². The Balaban J connectivity index is 0.000000145. The van der Waals surface area contributed by atoms with Crippen molar-refractivity contribution in [3.05, 3.63) is 48.6 Å². The summed E-state index contributed by atoms with van der Waals surface area (Å²) in [5, 5.41) is 58.8. The van der Waals surface area contributed by atoms with Gasteiger partial charge in [-0.05, 0) is 309 Å². The molecule has 0 aromatic carbocycles. The Labute approximate surface area is 766 Å². The zero-order valence-electron chi connectivity index (χ0n) is 80.9. The molecule has 4 unspecified atom stereocenters. The number of aliphatic hydroxyl groups is 3. The van der Waals surface area contributed by atoms with Crippen LogP contribution in [-0.2, 0) is 52.3 Å². The first-order valence-electron chi connectivity index (χ1n) is 51.5. The lowest BCUT2D eigenvalue weighted by Gasteiger charge is -2.63. The second-order valence-corrected chi connectivity index (χ2v) is 46.0. The zero-order chi connectivity index (χ0) is 90.9. The summed E-state index contributed by atoms with van der Waals surface area (Å²) in [6, 6.07) is 0. The van der Waals surface area contributed by atoms with E-state index in [9.17, 15) is 39.9 Å². The molecule has 127 heavy (non-hydrogen) atoms. The summed E-state index contributed by atoms with van der Waals surface area (Å²) in [4.78, 5) is 41.7. The van der Waals surface area contributed by atoms with Crippen LogP contribution < -0.4 is 5.32 Å². The average molecular weight is 1780 g/mol. The van der Waals surface area contributed by atoms with Crippen LogP contribution in [0.15, 0.2) is 48.6 Å². The van der Waals surface area contributed by atoms with Crippen molar-refractivity contribution in [3.8, 4) is 0 Å². The van der Waals surface area contributed by atoms with Crippen LogP contribution in [0.4, 0.5) is 0 Å². The maximum absolute atomic E-state index is 11.2. The number of allylic oxidation sites excluding steroid dienone is 4. The Bertz CT molecular complexity index is 3580. The molecule has 724 valence electrons. The van der Waals surface area contributed by atoms with E-state index in [1.54, 1.807) is 0 Å². The third kappa shape index (κ3) is 22.5. The number of rotatable bonds is 32. The van der Waals surface area contributed by atoms with Gasteiger partial charge < -0.3 is 83.7 Å². The van der Waals surface area contributed by atoms with Gasteiger partial charge in [-0.1, -0.05) is 155 Å². The number of ether oxygens (including phenoxy) is 8. The maximum atomic E-state index is 11.2. The fourth-order valence-corrected chi connectivity index (χ4v) is 31.1. The Hall–Kier alpha value is -3.27. The maximum Gasteiger partial charge on any atom is 0.317 e. The smallest absolute Gasteiger partial charge is 0.317 e. The highest BCUT2D eigenvalue weighted by atomic mass is 16.7. The third-order valence-corrected chi connectivity index (χ3v) is 38.0. The summed E-state index contributed by atoms with van der Waals surface area (Å²) in [5.74, 6) is 3.48. The number of aliphatic hydroxyl groups excluding tert-OH is 3. The molecule has 24 atom stereocenters. The highest BCUT2D eigenvalue weighted by Crippen LogP contribution is 2.69. The number of carboxylic acid groups (broad SMARTS) is 3. The number of carboxylic acids is 3. The van der Waals surface area contributed by atoms with Gasteiger partial charge in [0, 0.05) is 65.0 Å². The molecule has 0 amide bonds. The minimum Gasteiger partial charge on any atom is -0.480 e. The number of nitrogens with zero attached hydrogens (tertiary/aromatic N) is 4. The molecule has 16 rings (SSSR count). The van der Waals surface area contributed by atoms with Gasteiger partial charge in [-0.2, -0.15) is 0 Å². The van der Waals surface area contributed by atoms with E-state index in [-0.39, 0.29) is 120 Å². The monoisotopic (exact) mass is 1780 g/mol. The minimum absolute atomic E-state index is 0.00880. The summed E-state index contributed by atoms with van der Waals surface area (Å²) in [7, 11) is 4.27. The number of carbonyl (C=O) groups is 3. The molecule has 4 heterocycles. The van der Waals surface area contributed by atoms with Crippen molar-refractivity contribution in [2.45, 2.75) is 343 Å². The summed E-state index contributed by atoms with van der Waals surface area (Å²) >= 11 is 0. The van der Waals surface area contributed by atoms with Gasteiger partial charge in [0.2, 0.25) is 0 Å². The second-order valence-electron chi connectivity index (χ2n) is 46.0. The standard InChI is InChI=1S/C29H52N2O3.C26H41NO6.C26H45NO4.C24H39NO4/c1-22-11-12-25-28(2,24(22)14-18-31(19-20-32)17-8-16-30(4)5)15-13-26-29(25,3)21-33-27(34-26)23-9-6-7-10-23;1-17-8-9-20-25(2,19(17)11-13-27(14-22(28)29)15-23(30)31)12-10-21-26(20,3)16-32-24(33-21)18-6-4-5-7-18;1-19-8-9-22-25(2,21(19)11-13-27(14-16-28)15-17-29)12-10-23-26(22,3)18-30-24(31-23)20-6-4-5-7-20;1-16-8-9-19-23(2,18(16)11-13-25-14-21(26)27)12-10-20-24(19,3)15-28-22(29-20)17-6-4-5-7-17/h23-27,32H,1,6-21H2,2-5H3;18-21,24H,1,4-16H2,2-3H3,(H,28,29)(H,30,31);20-24,28-29H,1,4-18H2,2-3H3;17-20,22,25H,1,4-15H2,2-3H3,(H,26,27)/t24-,25?,26-,27-,28+,29+;19-,20?,21-,24-,25+,26+;21-,22?,23-,24-,25+,26+;18-,19?,20-,22-,23+,24+/m1111/s1. The predicted molar refractivity (Wildman–Crippen MR) is 497 cm³/mol. The van der Waals surface area contributed by atoms with E-state index < -0.39 is 17.9 Å². The molecule has 7 N–H and O–H groups in total. The SMILES string of the molecule is C=C1CCC2[C@]3(C)CO[C@@H](C4CCCC4)O[C@@H]3CC[C@@]2(C)[C@@H]1CCN(CC(=O)O)CC(=O)O.C=C1CCC2[C@]3(C)CO[C@@H](C4CCCC4)O[C@@H]3CC[C@@]2(C)[C@@H]1CCN(CCO)CCCN(C)C.C=C1CCC2[C@]3(C)CO[C@@H](C4CCCC4)O[C@@H]3CC[C@@]2(C)[C@@H]1CCN(CCO)CCO.C=C1CCC2[C@]3(C)CO[C@@H](C4CCCC4)O[C@@H]3CC[C@@]2(C)[C@@H]1CCNCC(=O)O. The largest absolute Gasteiger partial charge is 0.480 e. The van der Waals surface area contributed by atoms with Crippen LogP contribution in [0.5, 0.6) is 0 Å². The number of hydrogen-bond donors (Lipinski definition) is 7. The van der Waals surface area contributed by atoms with Crippen molar-refractivity contribution in [1.29, 1.82) is 0 Å².